The molecule has 0 rings (SSSR count). The molecule has 0 aromatic heterocycles. The van der Waals surface area contributed by atoms with Gasteiger partial charge in [0.25, 0.3) is 0 Å². The van der Waals surface area contributed by atoms with E-state index in [1.165, 1.54) is 77.0 Å². The van der Waals surface area contributed by atoms with Gasteiger partial charge in [0.2, 0.25) is 0 Å². The highest BCUT2D eigenvalue weighted by Gasteiger charge is 2.06. The van der Waals surface area contributed by atoms with E-state index in [0.717, 1.165) is 11.8 Å². The summed E-state index contributed by atoms with van der Waals surface area (Å²) in [6.07, 6.45) is 21.7. The Kier molecular flexibility index (Phi) is 14.9. The predicted molar refractivity (Wildman–Crippen MR) is 94.2 cm³/mol. The molecule has 0 unspecified atom stereocenters. The summed E-state index contributed by atoms with van der Waals surface area (Å²) in [6, 6.07) is 0. The lowest BCUT2D eigenvalue weighted by molar-refractivity contribution is 0.409. The first-order valence-electron chi connectivity index (χ1n) is 9.35. The van der Waals surface area contributed by atoms with Gasteiger partial charge in [-0.05, 0) is 24.7 Å². The number of hydrogen-bond donors (Lipinski definition) is 0. The molecule has 0 spiro atoms. The van der Waals surface area contributed by atoms with Gasteiger partial charge >= 0.3 is 0 Å². The molecule has 0 heterocycles. The lowest BCUT2D eigenvalue weighted by Crippen LogP contribution is -2.00. The Morgan fingerprint density at radius 3 is 1.60 bits per heavy atom. The average molecular weight is 281 g/mol. The minimum absolute atomic E-state index is 0.804. The summed E-state index contributed by atoms with van der Waals surface area (Å²) in [5, 5.41) is 0. The van der Waals surface area contributed by atoms with Gasteiger partial charge in [-0.25, -0.2) is 0 Å². The second-order valence-electron chi connectivity index (χ2n) is 6.90. The molecule has 0 aliphatic rings. The Morgan fingerprint density at radius 1 is 0.650 bits per heavy atom. The van der Waals surface area contributed by atoms with E-state index in [4.69, 9.17) is 0 Å². The standard InChI is InChI=1S/C20H40/c1-5-7-9-11-16-20(17-12-10-8-6-2)18-14-13-15-19(3)4/h13-14,19-20H,5-12,15-18H2,1-4H3/b14-13-. The molecule has 0 saturated carbocycles. The number of hydrogen-bond acceptors (Lipinski definition) is 0. The summed E-state index contributed by atoms with van der Waals surface area (Å²) in [5.74, 6) is 1.76. The molecule has 0 aliphatic heterocycles. The SMILES string of the molecule is CCCCCCC(C/C=C\CC(C)C)CCCCCC. The molecule has 120 valence electrons. The fourth-order valence-corrected chi connectivity index (χ4v) is 2.76. The largest absolute Gasteiger partial charge is 0.0883 e. The molecular weight excluding hydrogens is 240 g/mol. The Morgan fingerprint density at radius 2 is 1.15 bits per heavy atom. The van der Waals surface area contributed by atoms with Crippen molar-refractivity contribution in [1.29, 1.82) is 0 Å². The third-order valence-electron chi connectivity index (χ3n) is 4.18. The van der Waals surface area contributed by atoms with E-state index in [2.05, 4.69) is 39.8 Å². The zero-order valence-electron chi connectivity index (χ0n) is 14.8. The first-order chi connectivity index (χ1) is 9.70. The van der Waals surface area contributed by atoms with Crippen molar-refractivity contribution >= 4 is 0 Å². The molecule has 0 amide bonds. The Balaban J connectivity index is 3.87. The fraction of sp³-hybridized carbons (Fsp3) is 0.900. The van der Waals surface area contributed by atoms with Crippen LogP contribution in [0.1, 0.15) is 105 Å². The zero-order chi connectivity index (χ0) is 15.1. The quantitative estimate of drug-likeness (QED) is 0.228. The third kappa shape index (κ3) is 14.2. The van der Waals surface area contributed by atoms with E-state index in [0.29, 0.717) is 0 Å². The summed E-state index contributed by atoms with van der Waals surface area (Å²) in [5.41, 5.74) is 0. The van der Waals surface area contributed by atoms with Crippen LogP contribution >= 0.6 is 0 Å². The maximum absolute atomic E-state index is 2.46. The van der Waals surface area contributed by atoms with Crippen molar-refractivity contribution in [2.75, 3.05) is 0 Å². The minimum Gasteiger partial charge on any atom is -0.0883 e. The second-order valence-corrected chi connectivity index (χ2v) is 6.90. The average Bonchev–Trinajstić information content (AvgIpc) is 2.43. The van der Waals surface area contributed by atoms with Crippen molar-refractivity contribution in [1.82, 2.24) is 0 Å². The van der Waals surface area contributed by atoms with Crippen LogP contribution in [-0.4, -0.2) is 0 Å². The molecule has 0 nitrogen and oxygen atoms in total. The van der Waals surface area contributed by atoms with Gasteiger partial charge in [0.1, 0.15) is 0 Å². The van der Waals surface area contributed by atoms with E-state index < -0.39 is 0 Å². The van der Waals surface area contributed by atoms with Gasteiger partial charge in [0.05, 0.1) is 0 Å². The summed E-state index contributed by atoms with van der Waals surface area (Å²) >= 11 is 0. The van der Waals surface area contributed by atoms with Gasteiger partial charge in [0.15, 0.2) is 0 Å². The van der Waals surface area contributed by atoms with Gasteiger partial charge in [-0.1, -0.05) is 104 Å². The smallest absolute Gasteiger partial charge is 0.0322 e. The van der Waals surface area contributed by atoms with Crippen molar-refractivity contribution in [3.63, 3.8) is 0 Å². The van der Waals surface area contributed by atoms with Crippen LogP contribution < -0.4 is 0 Å². The zero-order valence-corrected chi connectivity index (χ0v) is 14.8. The van der Waals surface area contributed by atoms with Crippen LogP contribution in [0.25, 0.3) is 0 Å². The van der Waals surface area contributed by atoms with Crippen LogP contribution in [0, 0.1) is 11.8 Å². The van der Waals surface area contributed by atoms with Crippen molar-refractivity contribution in [3.05, 3.63) is 12.2 Å². The molecule has 0 heteroatoms. The molecular formula is C20H40. The number of rotatable bonds is 14. The Bertz CT molecular complexity index is 190. The van der Waals surface area contributed by atoms with Gasteiger partial charge in [-0.15, -0.1) is 0 Å². The number of unbranched alkanes of at least 4 members (excludes halogenated alkanes) is 6. The molecule has 0 fully saturated rings. The van der Waals surface area contributed by atoms with Crippen molar-refractivity contribution < 1.29 is 0 Å². The third-order valence-corrected chi connectivity index (χ3v) is 4.18. The summed E-state index contributed by atoms with van der Waals surface area (Å²) in [6.45, 7) is 9.21. The monoisotopic (exact) mass is 280 g/mol. The molecule has 0 bridgehead atoms. The Labute approximate surface area is 129 Å². The van der Waals surface area contributed by atoms with E-state index >= 15 is 0 Å². The number of allylic oxidation sites excluding steroid dienone is 2. The Hall–Kier alpha value is -0.260. The lowest BCUT2D eigenvalue weighted by atomic mass is 9.91. The molecule has 0 aliphatic carbocycles. The maximum atomic E-state index is 2.46. The normalized spacial score (nSPS) is 12.1. The van der Waals surface area contributed by atoms with Crippen LogP contribution in [0.15, 0.2) is 12.2 Å². The highest BCUT2D eigenvalue weighted by atomic mass is 14.1. The van der Waals surface area contributed by atoms with Crippen LogP contribution in [-0.2, 0) is 0 Å². The fourth-order valence-electron chi connectivity index (χ4n) is 2.76. The van der Waals surface area contributed by atoms with Gasteiger partial charge in [-0.2, -0.15) is 0 Å². The summed E-state index contributed by atoms with van der Waals surface area (Å²) in [4.78, 5) is 0. The van der Waals surface area contributed by atoms with Gasteiger partial charge < -0.3 is 0 Å². The van der Waals surface area contributed by atoms with Gasteiger partial charge in [0, 0.05) is 0 Å². The van der Waals surface area contributed by atoms with Gasteiger partial charge in [-0.3, -0.25) is 0 Å². The van der Waals surface area contributed by atoms with Crippen molar-refractivity contribution in [2.24, 2.45) is 11.8 Å². The van der Waals surface area contributed by atoms with Crippen LogP contribution in [0.4, 0.5) is 0 Å². The molecule has 0 aromatic rings. The highest BCUT2D eigenvalue weighted by Crippen LogP contribution is 2.22. The molecule has 0 atom stereocenters. The van der Waals surface area contributed by atoms with Crippen LogP contribution in [0.5, 0.6) is 0 Å². The first kappa shape index (κ1) is 19.7. The predicted octanol–water partition coefficient (Wildman–Crippen LogP) is 7.54. The van der Waals surface area contributed by atoms with Crippen LogP contribution in [0.2, 0.25) is 0 Å². The topological polar surface area (TPSA) is 0 Å². The molecule has 0 saturated heterocycles. The maximum Gasteiger partial charge on any atom is -0.0322 e. The summed E-state index contributed by atoms with van der Waals surface area (Å²) in [7, 11) is 0. The summed E-state index contributed by atoms with van der Waals surface area (Å²) < 4.78 is 0. The lowest BCUT2D eigenvalue weighted by Gasteiger charge is -2.15. The van der Waals surface area contributed by atoms with E-state index in [-0.39, 0.29) is 0 Å². The minimum atomic E-state index is 0.804. The second kappa shape index (κ2) is 15.1. The highest BCUT2D eigenvalue weighted by molar-refractivity contribution is 4.85. The van der Waals surface area contributed by atoms with E-state index in [1.54, 1.807) is 0 Å². The van der Waals surface area contributed by atoms with E-state index in [9.17, 15) is 0 Å². The van der Waals surface area contributed by atoms with Crippen molar-refractivity contribution in [2.45, 2.75) is 105 Å². The van der Waals surface area contributed by atoms with Crippen molar-refractivity contribution in [3.8, 4) is 0 Å². The molecule has 20 heavy (non-hydrogen) atoms. The van der Waals surface area contributed by atoms with Crippen LogP contribution in [0.3, 0.4) is 0 Å². The molecule has 0 aromatic carbocycles. The molecule has 0 N–H and O–H groups in total. The molecule has 0 radical (unpaired) electrons. The van der Waals surface area contributed by atoms with E-state index in [1.807, 2.05) is 0 Å². The first-order valence-corrected chi connectivity index (χ1v) is 9.35.